The fraction of sp³-hybridized carbons (Fsp3) is 0.400. The average Bonchev–Trinajstić information content (AvgIpc) is 2.94. The Labute approximate surface area is 102 Å². The van der Waals surface area contributed by atoms with Crippen LogP contribution in [0.4, 0.5) is 0 Å². The number of nitrogens with one attached hydrogen (secondary N) is 1. The van der Waals surface area contributed by atoms with Crippen LogP contribution >= 0.6 is 0 Å². The molecule has 1 aliphatic heterocycles. The van der Waals surface area contributed by atoms with E-state index in [0.717, 1.165) is 5.69 Å². The first-order valence-electron chi connectivity index (χ1n) is 5.28. The van der Waals surface area contributed by atoms with Crippen LogP contribution in [0.3, 0.4) is 0 Å². The zero-order valence-corrected chi connectivity index (χ0v) is 9.66. The van der Waals surface area contributed by atoms with Gasteiger partial charge in [0.25, 0.3) is 5.91 Å². The summed E-state index contributed by atoms with van der Waals surface area (Å²) in [4.78, 5) is 27.1. The first-order chi connectivity index (χ1) is 8.58. The molecule has 2 heterocycles. The van der Waals surface area contributed by atoms with Crippen molar-refractivity contribution < 1.29 is 19.5 Å². The van der Waals surface area contributed by atoms with Crippen molar-refractivity contribution in [1.29, 1.82) is 0 Å². The van der Waals surface area contributed by atoms with Crippen molar-refractivity contribution in [2.45, 2.75) is 19.1 Å². The zero-order valence-electron chi connectivity index (χ0n) is 9.66. The molecule has 0 radical (unpaired) electrons. The van der Waals surface area contributed by atoms with Crippen LogP contribution in [-0.2, 0) is 28.0 Å². The molecule has 1 aliphatic rings. The summed E-state index contributed by atoms with van der Waals surface area (Å²) in [5, 5.41) is 18.6. The van der Waals surface area contributed by atoms with Gasteiger partial charge in [-0.3, -0.25) is 9.48 Å². The summed E-state index contributed by atoms with van der Waals surface area (Å²) in [7, 11) is 1.76. The number of nitrogens with zero attached hydrogens (tertiary/aromatic N) is 3. The second-order valence-corrected chi connectivity index (χ2v) is 3.81. The molecule has 0 aromatic carbocycles. The summed E-state index contributed by atoms with van der Waals surface area (Å²) in [5.41, 5.74) is 0.691. The van der Waals surface area contributed by atoms with Gasteiger partial charge in [0.1, 0.15) is 0 Å². The van der Waals surface area contributed by atoms with Gasteiger partial charge in [0.05, 0.1) is 12.2 Å². The number of aryl methyl sites for hydroxylation is 1. The standard InChI is InChI=1S/C10H12N4O4/c1-14-6(2-3-12-14)5-11-9(15)8-4-7(10(16)17)13-18-8/h2-3,8H,4-5H2,1H3,(H,11,15)(H,16,17). The lowest BCUT2D eigenvalue weighted by atomic mass is 10.1. The van der Waals surface area contributed by atoms with E-state index in [-0.39, 0.29) is 12.1 Å². The first-order valence-corrected chi connectivity index (χ1v) is 5.28. The van der Waals surface area contributed by atoms with Gasteiger partial charge in [0.2, 0.25) is 6.10 Å². The molecule has 0 aliphatic carbocycles. The average molecular weight is 252 g/mol. The Morgan fingerprint density at radius 2 is 2.44 bits per heavy atom. The lowest BCUT2D eigenvalue weighted by Gasteiger charge is -2.09. The highest BCUT2D eigenvalue weighted by molar-refractivity contribution is 6.36. The Balaban J connectivity index is 1.84. The van der Waals surface area contributed by atoms with Crippen molar-refractivity contribution in [1.82, 2.24) is 15.1 Å². The summed E-state index contributed by atoms with van der Waals surface area (Å²) in [6.07, 6.45) is 0.732. The van der Waals surface area contributed by atoms with Crippen LogP contribution in [0, 0.1) is 0 Å². The molecule has 2 rings (SSSR count). The van der Waals surface area contributed by atoms with E-state index in [9.17, 15) is 9.59 Å². The van der Waals surface area contributed by atoms with Crippen LogP contribution in [-0.4, -0.2) is 38.6 Å². The highest BCUT2D eigenvalue weighted by atomic mass is 16.6. The van der Waals surface area contributed by atoms with Gasteiger partial charge < -0.3 is 15.3 Å². The quantitative estimate of drug-likeness (QED) is 0.734. The van der Waals surface area contributed by atoms with Gasteiger partial charge in [0, 0.05) is 19.7 Å². The minimum absolute atomic E-state index is 0.0213. The maximum Gasteiger partial charge on any atom is 0.353 e. The van der Waals surface area contributed by atoms with E-state index >= 15 is 0 Å². The van der Waals surface area contributed by atoms with Crippen LogP contribution < -0.4 is 5.32 Å². The minimum atomic E-state index is -1.17. The van der Waals surface area contributed by atoms with Crippen molar-refractivity contribution >= 4 is 17.6 Å². The Kier molecular flexibility index (Phi) is 3.26. The van der Waals surface area contributed by atoms with E-state index in [1.54, 1.807) is 24.0 Å². The van der Waals surface area contributed by atoms with Gasteiger partial charge in [-0.1, -0.05) is 5.16 Å². The van der Waals surface area contributed by atoms with E-state index in [4.69, 9.17) is 9.94 Å². The van der Waals surface area contributed by atoms with Gasteiger partial charge in [0.15, 0.2) is 5.71 Å². The Morgan fingerprint density at radius 1 is 1.67 bits per heavy atom. The fourth-order valence-corrected chi connectivity index (χ4v) is 1.51. The summed E-state index contributed by atoms with van der Waals surface area (Å²) in [5.74, 6) is -1.56. The normalized spacial score (nSPS) is 18.1. The molecule has 96 valence electrons. The second kappa shape index (κ2) is 4.86. The third-order valence-corrected chi connectivity index (χ3v) is 2.57. The van der Waals surface area contributed by atoms with E-state index in [1.807, 2.05) is 0 Å². The van der Waals surface area contributed by atoms with Gasteiger partial charge >= 0.3 is 5.97 Å². The summed E-state index contributed by atoms with van der Waals surface area (Å²) >= 11 is 0. The Bertz CT molecular complexity index is 508. The Hall–Kier alpha value is -2.38. The van der Waals surface area contributed by atoms with Crippen molar-refractivity contribution in [2.24, 2.45) is 12.2 Å². The molecule has 1 amide bonds. The Morgan fingerprint density at radius 3 is 3.00 bits per heavy atom. The highest BCUT2D eigenvalue weighted by Gasteiger charge is 2.31. The predicted molar refractivity (Wildman–Crippen MR) is 59.6 cm³/mol. The molecular formula is C10H12N4O4. The lowest BCUT2D eigenvalue weighted by Crippen LogP contribution is -2.35. The van der Waals surface area contributed by atoms with Crippen molar-refractivity contribution in [3.8, 4) is 0 Å². The molecular weight excluding hydrogens is 240 g/mol. The number of amides is 1. The molecule has 1 aromatic rings. The zero-order chi connectivity index (χ0) is 13.1. The molecule has 0 fully saturated rings. The van der Waals surface area contributed by atoms with Gasteiger partial charge in [-0.05, 0) is 6.07 Å². The molecule has 1 unspecified atom stereocenters. The largest absolute Gasteiger partial charge is 0.477 e. The molecule has 0 bridgehead atoms. The number of hydrogen-bond acceptors (Lipinski definition) is 5. The van der Waals surface area contributed by atoms with Gasteiger partial charge in [-0.15, -0.1) is 0 Å². The van der Waals surface area contributed by atoms with Crippen LogP contribution in [0.5, 0.6) is 0 Å². The molecule has 8 heteroatoms. The summed E-state index contributed by atoms with van der Waals surface area (Å²) in [6, 6.07) is 1.77. The lowest BCUT2D eigenvalue weighted by molar-refractivity contribution is -0.131. The summed E-state index contributed by atoms with van der Waals surface area (Å²) in [6.45, 7) is 0.303. The fourth-order valence-electron chi connectivity index (χ4n) is 1.51. The van der Waals surface area contributed by atoms with E-state index in [0.29, 0.717) is 6.54 Å². The molecule has 0 saturated carbocycles. The number of rotatable bonds is 4. The van der Waals surface area contributed by atoms with Gasteiger partial charge in [-0.2, -0.15) is 5.10 Å². The number of aliphatic carboxylic acids is 1. The maximum atomic E-state index is 11.7. The smallest absolute Gasteiger partial charge is 0.353 e. The molecule has 0 saturated heterocycles. The van der Waals surface area contributed by atoms with Crippen LogP contribution in [0.1, 0.15) is 12.1 Å². The molecule has 0 spiro atoms. The third kappa shape index (κ3) is 2.47. The molecule has 1 atom stereocenters. The second-order valence-electron chi connectivity index (χ2n) is 3.81. The number of oxime groups is 1. The topological polar surface area (TPSA) is 106 Å². The number of carbonyl (C=O) groups excluding carboxylic acids is 1. The number of hydrogen-bond donors (Lipinski definition) is 2. The van der Waals surface area contributed by atoms with Crippen LogP contribution in [0.2, 0.25) is 0 Å². The highest BCUT2D eigenvalue weighted by Crippen LogP contribution is 2.11. The molecule has 8 nitrogen and oxygen atoms in total. The molecule has 1 aromatic heterocycles. The van der Waals surface area contributed by atoms with Crippen molar-refractivity contribution in [2.75, 3.05) is 0 Å². The number of carboxylic acid groups (broad SMARTS) is 1. The van der Waals surface area contributed by atoms with Crippen molar-refractivity contribution in [3.63, 3.8) is 0 Å². The third-order valence-electron chi connectivity index (χ3n) is 2.57. The SMILES string of the molecule is Cn1nccc1CNC(=O)C1CC(C(=O)O)=NO1. The summed E-state index contributed by atoms with van der Waals surface area (Å²) < 4.78 is 1.63. The van der Waals surface area contributed by atoms with E-state index < -0.39 is 18.0 Å². The number of carbonyl (C=O) groups is 2. The van der Waals surface area contributed by atoms with E-state index in [1.165, 1.54) is 0 Å². The molecule has 2 N–H and O–H groups in total. The van der Waals surface area contributed by atoms with E-state index in [2.05, 4.69) is 15.6 Å². The monoisotopic (exact) mass is 252 g/mol. The van der Waals surface area contributed by atoms with Crippen LogP contribution in [0.25, 0.3) is 0 Å². The molecule has 18 heavy (non-hydrogen) atoms. The number of carboxylic acids is 1. The van der Waals surface area contributed by atoms with Crippen LogP contribution in [0.15, 0.2) is 17.4 Å². The van der Waals surface area contributed by atoms with Gasteiger partial charge in [-0.25, -0.2) is 4.79 Å². The number of aromatic nitrogens is 2. The first kappa shape index (κ1) is 12.1. The minimum Gasteiger partial charge on any atom is -0.477 e. The maximum absolute atomic E-state index is 11.7. The van der Waals surface area contributed by atoms with Crippen molar-refractivity contribution in [3.05, 3.63) is 18.0 Å². The predicted octanol–water partition coefficient (Wildman–Crippen LogP) is -0.734.